The summed E-state index contributed by atoms with van der Waals surface area (Å²) in [7, 11) is 0. The number of furan rings is 1. The van der Waals surface area contributed by atoms with Crippen LogP contribution in [0.2, 0.25) is 0 Å². The SMILES string of the molecule is CC1(C)c2cc(-c3ccccc3)ccc2-c2ccc(N(c3ccc4c(c3)n3c5ccccc5c5ccc6c7ccccc7n4c6c53)c3cccc4c3oc3ccccc34)cc21. The Morgan fingerprint density at radius 3 is 1.75 bits per heavy atom. The minimum Gasteiger partial charge on any atom is -0.454 e. The van der Waals surface area contributed by atoms with Gasteiger partial charge in [-0.3, -0.25) is 0 Å². The lowest BCUT2D eigenvalue weighted by Gasteiger charge is -2.28. The van der Waals surface area contributed by atoms with Crippen LogP contribution in [0.15, 0.2) is 192 Å². The first-order valence-electron chi connectivity index (χ1n) is 21.2. The Morgan fingerprint density at radius 1 is 0.410 bits per heavy atom. The molecule has 0 saturated heterocycles. The molecule has 0 unspecified atom stereocenters. The van der Waals surface area contributed by atoms with E-state index in [4.69, 9.17) is 4.42 Å². The fourth-order valence-electron chi connectivity index (χ4n) is 11.0. The minimum absolute atomic E-state index is 0.224. The molecule has 4 heteroatoms. The largest absolute Gasteiger partial charge is 0.454 e. The lowest BCUT2D eigenvalue weighted by Crippen LogP contribution is -2.17. The van der Waals surface area contributed by atoms with Gasteiger partial charge < -0.3 is 18.1 Å². The Hall–Kier alpha value is -7.82. The molecular weight excluding hydrogens is 743 g/mol. The molecule has 13 aromatic rings. The van der Waals surface area contributed by atoms with E-state index in [1.165, 1.54) is 77.0 Å². The molecule has 0 bridgehead atoms. The average molecular weight is 780 g/mol. The highest BCUT2D eigenvalue weighted by Crippen LogP contribution is 2.53. The Labute approximate surface area is 351 Å². The van der Waals surface area contributed by atoms with Crippen molar-refractivity contribution in [1.29, 1.82) is 0 Å². The van der Waals surface area contributed by atoms with Gasteiger partial charge in [-0.2, -0.15) is 0 Å². The van der Waals surface area contributed by atoms with Crippen LogP contribution >= 0.6 is 0 Å². The molecular formula is C57H37N3O. The second-order valence-corrected chi connectivity index (χ2v) is 17.3. The number of hydrogen-bond donors (Lipinski definition) is 0. The zero-order chi connectivity index (χ0) is 40.1. The van der Waals surface area contributed by atoms with Crippen molar-refractivity contribution in [3.63, 3.8) is 0 Å². The second kappa shape index (κ2) is 11.7. The Kier molecular flexibility index (Phi) is 6.33. The van der Waals surface area contributed by atoms with Crippen LogP contribution in [0.1, 0.15) is 25.0 Å². The van der Waals surface area contributed by atoms with Crippen molar-refractivity contribution >= 4 is 93.6 Å². The summed E-state index contributed by atoms with van der Waals surface area (Å²) in [6.07, 6.45) is 0. The molecule has 14 rings (SSSR count). The predicted octanol–water partition coefficient (Wildman–Crippen LogP) is 15.6. The topological polar surface area (TPSA) is 25.2 Å². The van der Waals surface area contributed by atoms with E-state index in [-0.39, 0.29) is 5.41 Å². The summed E-state index contributed by atoms with van der Waals surface area (Å²) in [6, 6.07) is 69.1. The molecule has 1 aliphatic carbocycles. The van der Waals surface area contributed by atoms with Crippen LogP contribution in [0.3, 0.4) is 0 Å². The van der Waals surface area contributed by atoms with Crippen molar-refractivity contribution in [1.82, 2.24) is 8.80 Å². The number of para-hydroxylation sites is 4. The fraction of sp³-hybridized carbons (Fsp3) is 0.0526. The second-order valence-electron chi connectivity index (χ2n) is 17.3. The van der Waals surface area contributed by atoms with Crippen molar-refractivity contribution < 1.29 is 4.42 Å². The molecule has 0 fully saturated rings. The summed E-state index contributed by atoms with van der Waals surface area (Å²) >= 11 is 0. The molecule has 61 heavy (non-hydrogen) atoms. The van der Waals surface area contributed by atoms with Crippen LogP contribution in [0.5, 0.6) is 0 Å². The third-order valence-electron chi connectivity index (χ3n) is 13.8. The lowest BCUT2D eigenvalue weighted by atomic mass is 9.81. The average Bonchev–Trinajstić information content (AvgIpc) is 4.03. The maximum absolute atomic E-state index is 6.82. The maximum atomic E-state index is 6.82. The number of rotatable bonds is 4. The third kappa shape index (κ3) is 4.28. The summed E-state index contributed by atoms with van der Waals surface area (Å²) in [5, 5.41) is 7.29. The molecule has 0 aliphatic heterocycles. The van der Waals surface area contributed by atoms with Crippen LogP contribution in [0.4, 0.5) is 17.1 Å². The molecule has 4 aromatic heterocycles. The molecule has 0 radical (unpaired) electrons. The fourth-order valence-corrected chi connectivity index (χ4v) is 11.0. The number of benzene rings is 9. The van der Waals surface area contributed by atoms with Gasteiger partial charge in [-0.25, -0.2) is 0 Å². The van der Waals surface area contributed by atoms with E-state index in [2.05, 4.69) is 216 Å². The van der Waals surface area contributed by atoms with Gasteiger partial charge in [-0.05, 0) is 94.0 Å². The Morgan fingerprint density at radius 2 is 1.00 bits per heavy atom. The van der Waals surface area contributed by atoms with E-state index in [0.717, 1.165) is 50.0 Å². The van der Waals surface area contributed by atoms with Gasteiger partial charge in [0, 0.05) is 49.1 Å². The van der Waals surface area contributed by atoms with E-state index in [1.807, 2.05) is 0 Å². The third-order valence-corrected chi connectivity index (χ3v) is 13.8. The summed E-state index contributed by atoms with van der Waals surface area (Å²) in [4.78, 5) is 2.42. The molecule has 4 nitrogen and oxygen atoms in total. The summed E-state index contributed by atoms with van der Waals surface area (Å²) in [6.45, 7) is 4.75. The molecule has 1 aliphatic rings. The number of anilines is 3. The summed E-state index contributed by atoms with van der Waals surface area (Å²) in [5.74, 6) is 0. The van der Waals surface area contributed by atoms with Crippen molar-refractivity contribution in [2.45, 2.75) is 19.3 Å². The number of fused-ring (bicyclic) bond motifs is 15. The van der Waals surface area contributed by atoms with Crippen LogP contribution in [0, 0.1) is 0 Å². The van der Waals surface area contributed by atoms with Crippen molar-refractivity contribution in [3.8, 4) is 22.3 Å². The number of aromatic nitrogens is 2. The lowest BCUT2D eigenvalue weighted by molar-refractivity contribution is 0.660. The van der Waals surface area contributed by atoms with E-state index < -0.39 is 0 Å². The standard InChI is InChI=1S/C57H37N3O/c1-57(2)46-31-35(34-13-4-3-5-14-34)23-26-38(46)39-27-24-36(32-47(39)57)58(51-21-12-18-45-42-17-8-11-22-53(42)61-56(45)51)37-25-30-50-52(33-37)60-49-20-10-7-16-41(49)44-29-28-43-40-15-6-9-19-48(40)59(50)54(43)55(44)60/h3-33H,1-2H3. The molecule has 0 N–H and O–H groups in total. The summed E-state index contributed by atoms with van der Waals surface area (Å²) in [5.41, 5.74) is 19.7. The zero-order valence-electron chi connectivity index (χ0n) is 33.6. The van der Waals surface area contributed by atoms with Gasteiger partial charge in [0.25, 0.3) is 0 Å². The highest BCUT2D eigenvalue weighted by atomic mass is 16.3. The smallest absolute Gasteiger partial charge is 0.159 e. The van der Waals surface area contributed by atoms with Crippen molar-refractivity contribution in [2.75, 3.05) is 4.90 Å². The quantitative estimate of drug-likeness (QED) is 0.166. The minimum atomic E-state index is -0.224. The van der Waals surface area contributed by atoms with E-state index in [9.17, 15) is 0 Å². The van der Waals surface area contributed by atoms with E-state index >= 15 is 0 Å². The molecule has 9 aromatic carbocycles. The molecule has 0 atom stereocenters. The maximum Gasteiger partial charge on any atom is 0.159 e. The molecule has 4 heterocycles. The van der Waals surface area contributed by atoms with Gasteiger partial charge in [0.1, 0.15) is 5.58 Å². The number of hydrogen-bond acceptors (Lipinski definition) is 2. The van der Waals surface area contributed by atoms with Gasteiger partial charge in [0.15, 0.2) is 5.58 Å². The molecule has 0 spiro atoms. The first kappa shape index (κ1) is 33.1. The monoisotopic (exact) mass is 779 g/mol. The highest BCUT2D eigenvalue weighted by Gasteiger charge is 2.37. The first-order chi connectivity index (χ1) is 30.0. The first-order valence-corrected chi connectivity index (χ1v) is 21.2. The van der Waals surface area contributed by atoms with Crippen LogP contribution in [-0.4, -0.2) is 8.80 Å². The number of nitrogens with zero attached hydrogens (tertiary/aromatic N) is 3. The van der Waals surface area contributed by atoms with Crippen molar-refractivity contribution in [2.24, 2.45) is 0 Å². The van der Waals surface area contributed by atoms with Gasteiger partial charge in [-0.1, -0.05) is 141 Å². The van der Waals surface area contributed by atoms with E-state index in [0.29, 0.717) is 0 Å². The predicted molar refractivity (Wildman–Crippen MR) is 255 cm³/mol. The van der Waals surface area contributed by atoms with Crippen LogP contribution in [0.25, 0.3) is 98.8 Å². The van der Waals surface area contributed by atoms with E-state index in [1.54, 1.807) is 0 Å². The molecule has 0 amide bonds. The van der Waals surface area contributed by atoms with Gasteiger partial charge in [0.05, 0.1) is 38.8 Å². The van der Waals surface area contributed by atoms with Crippen molar-refractivity contribution in [3.05, 3.63) is 199 Å². The highest BCUT2D eigenvalue weighted by molar-refractivity contribution is 6.25. The Balaban J connectivity index is 1.06. The van der Waals surface area contributed by atoms with Gasteiger partial charge >= 0.3 is 0 Å². The zero-order valence-corrected chi connectivity index (χ0v) is 33.6. The Bertz CT molecular complexity index is 3970. The normalized spacial score (nSPS) is 13.5. The van der Waals surface area contributed by atoms with Crippen LogP contribution in [-0.2, 0) is 5.41 Å². The molecule has 0 saturated carbocycles. The summed E-state index contributed by atoms with van der Waals surface area (Å²) < 4.78 is 11.8. The molecule has 286 valence electrons. The van der Waals surface area contributed by atoms with Gasteiger partial charge in [0.2, 0.25) is 0 Å². The van der Waals surface area contributed by atoms with Gasteiger partial charge in [-0.15, -0.1) is 0 Å². The van der Waals surface area contributed by atoms with Crippen LogP contribution < -0.4 is 4.90 Å².